The molecule has 0 amide bonds. The van der Waals surface area contributed by atoms with Gasteiger partial charge >= 0.3 is 0 Å². The van der Waals surface area contributed by atoms with E-state index in [9.17, 15) is 0 Å². The number of hydrogen-bond acceptors (Lipinski definition) is 1. The van der Waals surface area contributed by atoms with Crippen molar-refractivity contribution in [2.45, 2.75) is 99.6 Å². The van der Waals surface area contributed by atoms with Crippen LogP contribution in [0.5, 0.6) is 0 Å². The second kappa shape index (κ2) is 7.31. The Bertz CT molecular complexity index is 314. The Morgan fingerprint density at radius 1 is 0.857 bits per heavy atom. The van der Waals surface area contributed by atoms with E-state index in [0.29, 0.717) is 10.8 Å². The molecule has 0 spiro atoms. The molecule has 21 heavy (non-hydrogen) atoms. The lowest BCUT2D eigenvalue weighted by atomic mass is 9.69. The average molecular weight is 331 g/mol. The zero-order valence-electron chi connectivity index (χ0n) is 16.8. The maximum atomic E-state index is 6.62. The summed E-state index contributed by atoms with van der Waals surface area (Å²) < 4.78 is 6.62. The molecular formula is C18H42OSi2. The van der Waals surface area contributed by atoms with E-state index in [1.165, 1.54) is 25.3 Å². The molecule has 1 atom stereocenters. The molecule has 0 aliphatic heterocycles. The van der Waals surface area contributed by atoms with Gasteiger partial charge in [0.25, 0.3) is 0 Å². The molecule has 1 nitrogen and oxygen atoms in total. The highest BCUT2D eigenvalue weighted by molar-refractivity contribution is 6.84. The Morgan fingerprint density at radius 2 is 1.33 bits per heavy atom. The van der Waals surface area contributed by atoms with Crippen molar-refractivity contribution < 1.29 is 4.12 Å². The van der Waals surface area contributed by atoms with Gasteiger partial charge in [-0.2, -0.15) is 0 Å². The normalized spacial score (nSPS) is 16.1. The van der Waals surface area contributed by atoms with Crippen molar-refractivity contribution in [1.29, 1.82) is 0 Å². The van der Waals surface area contributed by atoms with Gasteiger partial charge in [0, 0.05) is 0 Å². The van der Waals surface area contributed by atoms with Crippen LogP contribution in [0.4, 0.5) is 0 Å². The Morgan fingerprint density at radius 3 is 1.67 bits per heavy atom. The van der Waals surface area contributed by atoms with Crippen molar-refractivity contribution in [2.75, 3.05) is 0 Å². The summed E-state index contributed by atoms with van der Waals surface area (Å²) in [6.07, 6.45) is 3.85. The third-order valence-corrected chi connectivity index (χ3v) is 11.2. The maximum Gasteiger partial charge on any atom is 0.173 e. The van der Waals surface area contributed by atoms with E-state index in [2.05, 4.69) is 74.3 Å². The van der Waals surface area contributed by atoms with Crippen molar-refractivity contribution in [3.63, 3.8) is 0 Å². The van der Waals surface area contributed by atoms with Crippen LogP contribution in [-0.4, -0.2) is 16.6 Å². The Kier molecular flexibility index (Phi) is 7.45. The minimum atomic E-state index is -1.58. The zero-order valence-corrected chi connectivity index (χ0v) is 18.8. The smallest absolute Gasteiger partial charge is 0.173 e. The molecule has 128 valence electrons. The van der Waals surface area contributed by atoms with Crippen LogP contribution in [0.2, 0.25) is 38.8 Å². The van der Waals surface area contributed by atoms with Gasteiger partial charge in [0.05, 0.1) is 0 Å². The van der Waals surface area contributed by atoms with E-state index in [1.54, 1.807) is 0 Å². The first-order chi connectivity index (χ1) is 9.14. The Hall–Kier alpha value is 0.394. The number of hydrogen-bond donors (Lipinski definition) is 0. The van der Waals surface area contributed by atoms with Crippen LogP contribution in [-0.2, 0) is 4.12 Å². The minimum Gasteiger partial charge on any atom is -0.456 e. The van der Waals surface area contributed by atoms with Crippen molar-refractivity contribution in [3.8, 4) is 0 Å². The largest absolute Gasteiger partial charge is 0.456 e. The van der Waals surface area contributed by atoms with E-state index in [0.717, 1.165) is 5.92 Å². The highest BCUT2D eigenvalue weighted by Crippen LogP contribution is 2.44. The lowest BCUT2D eigenvalue weighted by Crippen LogP contribution is -2.45. The fourth-order valence-corrected chi connectivity index (χ4v) is 12.0. The molecule has 0 radical (unpaired) electrons. The van der Waals surface area contributed by atoms with E-state index in [-0.39, 0.29) is 0 Å². The van der Waals surface area contributed by atoms with Gasteiger partial charge in [-0.15, -0.1) is 0 Å². The molecule has 0 aromatic carbocycles. The predicted octanol–water partition coefficient (Wildman–Crippen LogP) is 6.92. The van der Waals surface area contributed by atoms with Crippen LogP contribution in [0.25, 0.3) is 0 Å². The second-order valence-electron chi connectivity index (χ2n) is 9.94. The van der Waals surface area contributed by atoms with Gasteiger partial charge in [-0.25, -0.2) is 0 Å². The van der Waals surface area contributed by atoms with Gasteiger partial charge in [-0.1, -0.05) is 54.4 Å². The summed E-state index contributed by atoms with van der Waals surface area (Å²) >= 11 is 0. The molecule has 0 N–H and O–H groups in total. The molecule has 0 aromatic rings. The predicted molar refractivity (Wildman–Crippen MR) is 103 cm³/mol. The van der Waals surface area contributed by atoms with Gasteiger partial charge < -0.3 is 4.12 Å². The SMILES string of the molecule is CCC(C)(C)CC(C[Si](C)(C)O[Si](C)(C)C)C(C)(C)CC. The Labute approximate surface area is 137 Å². The monoisotopic (exact) mass is 330 g/mol. The van der Waals surface area contributed by atoms with Gasteiger partial charge in [0.2, 0.25) is 0 Å². The summed E-state index contributed by atoms with van der Waals surface area (Å²) in [5.74, 6) is 0.774. The second-order valence-corrected chi connectivity index (χ2v) is 18.9. The van der Waals surface area contributed by atoms with Crippen molar-refractivity contribution >= 4 is 16.6 Å². The average Bonchev–Trinajstić information content (AvgIpc) is 2.24. The molecule has 0 fully saturated rings. The molecule has 0 rings (SSSR count). The third kappa shape index (κ3) is 8.56. The molecule has 0 bridgehead atoms. The van der Waals surface area contributed by atoms with Gasteiger partial charge in [-0.3, -0.25) is 0 Å². The van der Waals surface area contributed by atoms with Crippen LogP contribution in [0, 0.1) is 16.7 Å². The molecule has 1 unspecified atom stereocenters. The zero-order chi connectivity index (χ0) is 17.1. The molecular weight excluding hydrogens is 288 g/mol. The molecule has 0 saturated carbocycles. The lowest BCUT2D eigenvalue weighted by molar-refractivity contribution is 0.142. The van der Waals surface area contributed by atoms with E-state index < -0.39 is 16.6 Å². The first-order valence-electron chi connectivity index (χ1n) is 8.84. The third-order valence-electron chi connectivity index (χ3n) is 5.09. The fraction of sp³-hybridized carbons (Fsp3) is 1.00. The molecule has 0 aliphatic rings. The maximum absolute atomic E-state index is 6.62. The van der Waals surface area contributed by atoms with Crippen molar-refractivity contribution in [2.24, 2.45) is 16.7 Å². The summed E-state index contributed by atoms with van der Waals surface area (Å²) in [5.41, 5.74) is 0.861. The molecule has 0 saturated heterocycles. The summed E-state index contributed by atoms with van der Waals surface area (Å²) in [7, 11) is -3.01. The summed E-state index contributed by atoms with van der Waals surface area (Å²) in [4.78, 5) is 0. The fourth-order valence-electron chi connectivity index (χ4n) is 3.19. The van der Waals surface area contributed by atoms with Gasteiger partial charge in [0.1, 0.15) is 0 Å². The van der Waals surface area contributed by atoms with Crippen molar-refractivity contribution in [3.05, 3.63) is 0 Å². The molecule has 3 heteroatoms. The van der Waals surface area contributed by atoms with Crippen LogP contribution < -0.4 is 0 Å². The number of rotatable bonds is 9. The standard InChI is InChI=1S/C18H42OSi2/c1-12-17(3,4)14-16(18(5,6)13-2)15-21(10,11)19-20(7,8)9/h16H,12-15H2,1-11H3. The summed E-state index contributed by atoms with van der Waals surface area (Å²) in [6.45, 7) is 26.3. The topological polar surface area (TPSA) is 9.23 Å². The highest BCUT2D eigenvalue weighted by atomic mass is 28.4. The first kappa shape index (κ1) is 21.4. The van der Waals surface area contributed by atoms with Crippen molar-refractivity contribution in [1.82, 2.24) is 0 Å². The van der Waals surface area contributed by atoms with E-state index in [4.69, 9.17) is 4.12 Å². The highest BCUT2D eigenvalue weighted by Gasteiger charge is 2.39. The quantitative estimate of drug-likeness (QED) is 0.417. The Balaban J connectivity index is 5.16. The van der Waals surface area contributed by atoms with Crippen LogP contribution in [0.1, 0.15) is 60.8 Å². The first-order valence-corrected chi connectivity index (χ1v) is 15.4. The minimum absolute atomic E-state index is 0.416. The van der Waals surface area contributed by atoms with Crippen LogP contribution >= 0.6 is 0 Å². The molecule has 0 aromatic heterocycles. The summed E-state index contributed by atoms with van der Waals surface area (Å²) in [6, 6.07) is 1.31. The van der Waals surface area contributed by atoms with Crippen LogP contribution in [0.3, 0.4) is 0 Å². The van der Waals surface area contributed by atoms with Gasteiger partial charge in [0.15, 0.2) is 16.6 Å². The van der Waals surface area contributed by atoms with E-state index in [1.807, 2.05) is 0 Å². The summed E-state index contributed by atoms with van der Waals surface area (Å²) in [5, 5.41) is 0. The van der Waals surface area contributed by atoms with Crippen LogP contribution in [0.15, 0.2) is 0 Å². The van der Waals surface area contributed by atoms with E-state index >= 15 is 0 Å². The lowest BCUT2D eigenvalue weighted by Gasteiger charge is -2.43. The molecule has 0 aliphatic carbocycles. The molecule has 0 heterocycles. The van der Waals surface area contributed by atoms with Gasteiger partial charge in [-0.05, 0) is 61.9 Å².